The predicted octanol–water partition coefficient (Wildman–Crippen LogP) is 6.20. The van der Waals surface area contributed by atoms with Crippen LogP contribution < -0.4 is 5.32 Å². The van der Waals surface area contributed by atoms with Gasteiger partial charge in [-0.3, -0.25) is 4.79 Å². The van der Waals surface area contributed by atoms with E-state index in [0.717, 1.165) is 40.4 Å². The number of carbonyl (C=O) groups is 1. The summed E-state index contributed by atoms with van der Waals surface area (Å²) in [5.41, 5.74) is 2.10. The zero-order valence-electron chi connectivity index (χ0n) is 15.8. The lowest BCUT2D eigenvalue weighted by Crippen LogP contribution is -2.43. The molecular formula is C21H25ClN2OS. The summed E-state index contributed by atoms with van der Waals surface area (Å²) in [6, 6.07) is 0. The second kappa shape index (κ2) is 6.82. The molecular weight excluding hydrogens is 364 g/mol. The number of halogens is 1. The highest BCUT2D eigenvalue weighted by atomic mass is 35.5. The highest BCUT2D eigenvalue weighted by Gasteiger charge is 2.50. The van der Waals surface area contributed by atoms with Crippen LogP contribution >= 0.6 is 22.9 Å². The van der Waals surface area contributed by atoms with Crippen molar-refractivity contribution in [2.75, 3.05) is 5.32 Å². The first kappa shape index (κ1) is 19.1. The fraction of sp³-hybridized carbons (Fsp3) is 0.429. The zero-order chi connectivity index (χ0) is 19.1. The molecule has 3 nitrogen and oxygen atoms in total. The molecule has 1 aromatic rings. The van der Waals surface area contributed by atoms with Gasteiger partial charge >= 0.3 is 0 Å². The monoisotopic (exact) mass is 388 g/mol. The molecule has 0 bridgehead atoms. The molecule has 26 heavy (non-hydrogen) atoms. The van der Waals surface area contributed by atoms with Crippen LogP contribution in [0.5, 0.6) is 0 Å². The Labute approximate surface area is 164 Å². The second-order valence-corrected chi connectivity index (χ2v) is 9.31. The van der Waals surface area contributed by atoms with Crippen LogP contribution in [0, 0.1) is 5.41 Å². The maximum absolute atomic E-state index is 13.2. The van der Waals surface area contributed by atoms with Crippen LogP contribution in [0.3, 0.4) is 0 Å². The molecule has 5 heteroatoms. The lowest BCUT2D eigenvalue weighted by Gasteiger charge is -2.44. The summed E-state index contributed by atoms with van der Waals surface area (Å²) < 4.78 is 0.483. The maximum Gasteiger partial charge on any atom is 0.185 e. The number of nitrogens with zero attached hydrogens (tertiary/aromatic N) is 1. The van der Waals surface area contributed by atoms with Gasteiger partial charge in [0.15, 0.2) is 10.3 Å². The van der Waals surface area contributed by atoms with E-state index in [4.69, 9.17) is 11.6 Å². The third kappa shape index (κ3) is 2.99. The van der Waals surface area contributed by atoms with Crippen molar-refractivity contribution in [1.29, 1.82) is 0 Å². The minimum absolute atomic E-state index is 0.0676. The number of aromatic nitrogens is 1. The quantitative estimate of drug-likeness (QED) is 0.624. The first-order valence-electron chi connectivity index (χ1n) is 8.94. The summed E-state index contributed by atoms with van der Waals surface area (Å²) in [7, 11) is 0. The molecule has 0 radical (unpaired) electrons. The molecule has 1 aliphatic heterocycles. The molecule has 1 aliphatic carbocycles. The van der Waals surface area contributed by atoms with Gasteiger partial charge in [0, 0.05) is 17.7 Å². The molecule has 0 fully saturated rings. The number of ketones is 1. The third-order valence-corrected chi connectivity index (χ3v) is 6.56. The van der Waals surface area contributed by atoms with Crippen LogP contribution in [0.15, 0.2) is 47.7 Å². The van der Waals surface area contributed by atoms with Crippen LogP contribution in [0.1, 0.15) is 51.8 Å². The smallest absolute Gasteiger partial charge is 0.185 e. The van der Waals surface area contributed by atoms with Crippen LogP contribution in [-0.2, 0) is 10.2 Å². The topological polar surface area (TPSA) is 42.0 Å². The van der Waals surface area contributed by atoms with Crippen LogP contribution in [0.25, 0.3) is 0 Å². The van der Waals surface area contributed by atoms with Crippen molar-refractivity contribution in [3.63, 3.8) is 0 Å². The number of nitrogens with one attached hydrogen (secondary N) is 1. The minimum atomic E-state index is -0.563. The number of carbonyl (C=O) groups excluding carboxylic acids is 1. The van der Waals surface area contributed by atoms with Crippen molar-refractivity contribution in [2.45, 2.75) is 52.4 Å². The van der Waals surface area contributed by atoms with Crippen LogP contribution in [0.4, 0.5) is 5.82 Å². The van der Waals surface area contributed by atoms with Crippen molar-refractivity contribution in [3.8, 4) is 0 Å². The van der Waals surface area contributed by atoms with Crippen molar-refractivity contribution >= 4 is 34.5 Å². The second-order valence-electron chi connectivity index (χ2n) is 7.73. The van der Waals surface area contributed by atoms with E-state index in [1.807, 2.05) is 31.2 Å². The summed E-state index contributed by atoms with van der Waals surface area (Å²) in [5, 5.41) is 3.41. The number of rotatable bonds is 4. The number of allylic oxidation sites excluding steroid dienone is 7. The highest BCUT2D eigenvalue weighted by molar-refractivity contribution is 7.16. The van der Waals surface area contributed by atoms with Gasteiger partial charge in [-0.25, -0.2) is 4.98 Å². The van der Waals surface area contributed by atoms with Gasteiger partial charge in [0.2, 0.25) is 0 Å². The number of fused-ring (bicyclic) bond motifs is 1. The molecule has 0 saturated heterocycles. The van der Waals surface area contributed by atoms with Gasteiger partial charge in [-0.1, -0.05) is 63.3 Å². The molecule has 3 rings (SSSR count). The maximum atomic E-state index is 13.2. The first-order chi connectivity index (χ1) is 12.2. The Hall–Kier alpha value is -1.65. The van der Waals surface area contributed by atoms with E-state index in [0.29, 0.717) is 10.9 Å². The summed E-state index contributed by atoms with van der Waals surface area (Å²) in [4.78, 5) is 18.7. The average Bonchev–Trinajstić information content (AvgIpc) is 2.92. The van der Waals surface area contributed by atoms with E-state index < -0.39 is 5.41 Å². The molecule has 2 aliphatic rings. The van der Waals surface area contributed by atoms with E-state index in [2.05, 4.69) is 37.7 Å². The van der Waals surface area contributed by atoms with E-state index in [1.165, 1.54) is 11.3 Å². The number of hydrogen-bond donors (Lipinski definition) is 1. The van der Waals surface area contributed by atoms with Gasteiger partial charge in [0.25, 0.3) is 0 Å². The molecule has 0 saturated carbocycles. The molecule has 138 valence electrons. The number of anilines is 1. The van der Waals surface area contributed by atoms with Crippen LogP contribution in [0.2, 0.25) is 4.47 Å². The number of hydrogen-bond acceptors (Lipinski definition) is 4. The Kier molecular flexibility index (Phi) is 5.02. The average molecular weight is 389 g/mol. The SMILES string of the molecule is C=C(/C=C\C=C/C)[C@]1(CC)C2=C(CC(C)(C)CC2=O)Nc2nc(Cl)sc21. The van der Waals surface area contributed by atoms with E-state index in [-0.39, 0.29) is 11.2 Å². The Balaban J connectivity index is 2.25. The van der Waals surface area contributed by atoms with Gasteiger partial charge in [-0.15, -0.1) is 11.3 Å². The summed E-state index contributed by atoms with van der Waals surface area (Å²) in [6.07, 6.45) is 10.0. The number of Topliss-reactive ketones (excluding diaryl/α,β-unsaturated/α-hetero) is 1. The standard InChI is InChI=1S/C21H25ClN2OS/c1-6-8-9-10-13(3)21(7-2)16-14(11-20(4,5)12-15(16)25)23-18-17(21)26-19(22)24-18/h6,8-10,23H,3,7,11-12H2,1-2,4-5H3/b8-6-,10-9-/t21-/m1/s1. The lowest BCUT2D eigenvalue weighted by molar-refractivity contribution is -0.118. The normalized spacial score (nSPS) is 24.7. The summed E-state index contributed by atoms with van der Waals surface area (Å²) in [5.74, 6) is 0.966. The van der Waals surface area contributed by atoms with Crippen molar-refractivity contribution in [2.24, 2.45) is 5.41 Å². The van der Waals surface area contributed by atoms with E-state index in [9.17, 15) is 4.79 Å². The first-order valence-corrected chi connectivity index (χ1v) is 10.1. The Bertz CT molecular complexity index is 859. The predicted molar refractivity (Wildman–Crippen MR) is 111 cm³/mol. The van der Waals surface area contributed by atoms with Gasteiger partial charge in [0.05, 0.1) is 10.3 Å². The molecule has 0 unspecified atom stereocenters. The number of thiazole rings is 1. The molecule has 1 aromatic heterocycles. The molecule has 1 atom stereocenters. The fourth-order valence-electron chi connectivity index (χ4n) is 4.14. The summed E-state index contributed by atoms with van der Waals surface area (Å²) >= 11 is 7.70. The lowest BCUT2D eigenvalue weighted by atomic mass is 9.62. The fourth-order valence-corrected chi connectivity index (χ4v) is 5.51. The van der Waals surface area contributed by atoms with Gasteiger partial charge < -0.3 is 5.32 Å². The zero-order valence-corrected chi connectivity index (χ0v) is 17.4. The van der Waals surface area contributed by atoms with Gasteiger partial charge in [0.1, 0.15) is 5.82 Å². The summed E-state index contributed by atoms with van der Waals surface area (Å²) in [6.45, 7) is 12.7. The Morgan fingerprint density at radius 3 is 2.77 bits per heavy atom. The van der Waals surface area contributed by atoms with Gasteiger partial charge in [-0.05, 0) is 30.8 Å². The molecule has 0 amide bonds. The van der Waals surface area contributed by atoms with Crippen molar-refractivity contribution in [3.05, 3.63) is 57.1 Å². The van der Waals surface area contributed by atoms with Crippen molar-refractivity contribution in [1.82, 2.24) is 4.98 Å². The molecule has 1 N–H and O–H groups in total. The van der Waals surface area contributed by atoms with E-state index >= 15 is 0 Å². The highest BCUT2D eigenvalue weighted by Crippen LogP contribution is 2.56. The van der Waals surface area contributed by atoms with Gasteiger partial charge in [-0.2, -0.15) is 0 Å². The largest absolute Gasteiger partial charge is 0.342 e. The Morgan fingerprint density at radius 2 is 2.12 bits per heavy atom. The molecule has 0 aromatic carbocycles. The minimum Gasteiger partial charge on any atom is -0.342 e. The molecule has 2 heterocycles. The Morgan fingerprint density at radius 1 is 1.38 bits per heavy atom. The van der Waals surface area contributed by atoms with Crippen LogP contribution in [-0.4, -0.2) is 10.8 Å². The third-order valence-electron chi connectivity index (χ3n) is 5.24. The molecule has 0 spiro atoms. The van der Waals surface area contributed by atoms with E-state index in [1.54, 1.807) is 0 Å². The van der Waals surface area contributed by atoms with Crippen molar-refractivity contribution < 1.29 is 4.79 Å².